The van der Waals surface area contributed by atoms with E-state index in [2.05, 4.69) is 37.9 Å². The number of para-hydroxylation sites is 1. The van der Waals surface area contributed by atoms with Gasteiger partial charge in [0.15, 0.2) is 0 Å². The first-order valence-corrected chi connectivity index (χ1v) is 7.06. The van der Waals surface area contributed by atoms with Gasteiger partial charge in [-0.2, -0.15) is 0 Å². The summed E-state index contributed by atoms with van der Waals surface area (Å²) in [5.41, 5.74) is 7.17. The molecule has 2 aromatic rings. The van der Waals surface area contributed by atoms with E-state index in [1.807, 2.05) is 18.2 Å². The molecule has 3 heteroatoms. The van der Waals surface area contributed by atoms with Crippen molar-refractivity contribution < 1.29 is 4.42 Å². The molecule has 19 heavy (non-hydrogen) atoms. The van der Waals surface area contributed by atoms with Gasteiger partial charge in [0.2, 0.25) is 0 Å². The Labute approximate surface area is 115 Å². The van der Waals surface area contributed by atoms with E-state index in [1.54, 1.807) is 0 Å². The van der Waals surface area contributed by atoms with E-state index in [9.17, 15) is 0 Å². The number of fused-ring (bicyclic) bond motifs is 1. The Bertz CT molecular complexity index is 487. The Hall–Kier alpha value is -1.32. The van der Waals surface area contributed by atoms with Crippen LogP contribution in [0.3, 0.4) is 0 Å². The maximum absolute atomic E-state index is 6.26. The molecule has 0 amide bonds. The predicted molar refractivity (Wildman–Crippen MR) is 80.1 cm³/mol. The maximum Gasteiger partial charge on any atom is 0.134 e. The number of hydrogen-bond donors (Lipinski definition) is 1. The molecule has 1 aromatic carbocycles. The largest absolute Gasteiger partial charge is 0.459 e. The highest BCUT2D eigenvalue weighted by Gasteiger charge is 2.16. The second-order valence-corrected chi connectivity index (χ2v) is 5.37. The summed E-state index contributed by atoms with van der Waals surface area (Å²) in [5.74, 6) is 0.872. The monoisotopic (exact) mass is 260 g/mol. The quantitative estimate of drug-likeness (QED) is 0.863. The fourth-order valence-corrected chi connectivity index (χ4v) is 2.40. The predicted octanol–water partition coefficient (Wildman–Crippen LogP) is 3.55. The molecule has 0 radical (unpaired) electrons. The average Bonchev–Trinajstić information content (AvgIpc) is 2.82. The van der Waals surface area contributed by atoms with E-state index in [0.29, 0.717) is 6.04 Å². The van der Waals surface area contributed by atoms with Crippen molar-refractivity contribution in [1.82, 2.24) is 4.90 Å². The van der Waals surface area contributed by atoms with Crippen molar-refractivity contribution in [3.8, 4) is 0 Å². The van der Waals surface area contributed by atoms with Crippen LogP contribution in [0.1, 0.15) is 38.5 Å². The molecule has 2 N–H and O–H groups in total. The van der Waals surface area contributed by atoms with Gasteiger partial charge >= 0.3 is 0 Å². The van der Waals surface area contributed by atoms with Crippen LogP contribution in [0.4, 0.5) is 0 Å². The molecule has 1 aromatic heterocycles. The van der Waals surface area contributed by atoms with Gasteiger partial charge < -0.3 is 15.1 Å². The molecule has 2 atom stereocenters. The van der Waals surface area contributed by atoms with Gasteiger partial charge in [0.1, 0.15) is 11.3 Å². The van der Waals surface area contributed by atoms with Crippen LogP contribution in [0, 0.1) is 0 Å². The molecule has 0 saturated heterocycles. The molecule has 2 rings (SSSR count). The topological polar surface area (TPSA) is 42.4 Å². The summed E-state index contributed by atoms with van der Waals surface area (Å²) in [6.45, 7) is 5.28. The van der Waals surface area contributed by atoms with Gasteiger partial charge in [-0.25, -0.2) is 0 Å². The SMILES string of the molecule is CCCC(C)N(C)CC(N)c1cc2ccccc2o1. The Morgan fingerprint density at radius 3 is 2.74 bits per heavy atom. The highest BCUT2D eigenvalue weighted by Crippen LogP contribution is 2.23. The third-order valence-corrected chi connectivity index (χ3v) is 3.75. The number of rotatable bonds is 6. The standard InChI is InChI=1S/C16H24N2O/c1-4-7-12(2)18(3)11-14(17)16-10-13-8-5-6-9-15(13)19-16/h5-6,8-10,12,14H,4,7,11,17H2,1-3H3. The van der Waals surface area contributed by atoms with Gasteiger partial charge in [0, 0.05) is 18.0 Å². The second kappa shape index (κ2) is 6.22. The minimum Gasteiger partial charge on any atom is -0.459 e. The van der Waals surface area contributed by atoms with Crippen LogP contribution in [0.5, 0.6) is 0 Å². The highest BCUT2D eigenvalue weighted by molar-refractivity contribution is 5.77. The summed E-state index contributed by atoms with van der Waals surface area (Å²) in [6, 6.07) is 10.6. The van der Waals surface area contributed by atoms with Crippen molar-refractivity contribution in [2.24, 2.45) is 5.73 Å². The lowest BCUT2D eigenvalue weighted by molar-refractivity contribution is 0.224. The fourth-order valence-electron chi connectivity index (χ4n) is 2.40. The molecule has 0 spiro atoms. The van der Waals surface area contributed by atoms with Crippen molar-refractivity contribution in [1.29, 1.82) is 0 Å². The zero-order chi connectivity index (χ0) is 13.8. The maximum atomic E-state index is 6.26. The molecule has 104 valence electrons. The van der Waals surface area contributed by atoms with E-state index in [1.165, 1.54) is 12.8 Å². The molecular formula is C16H24N2O. The molecule has 0 aliphatic carbocycles. The number of nitrogens with zero attached hydrogens (tertiary/aromatic N) is 1. The van der Waals surface area contributed by atoms with Gasteiger partial charge in [0.05, 0.1) is 6.04 Å². The normalized spacial score (nSPS) is 15.0. The van der Waals surface area contributed by atoms with Crippen molar-refractivity contribution in [3.05, 3.63) is 36.1 Å². The molecule has 0 aliphatic rings. The van der Waals surface area contributed by atoms with E-state index < -0.39 is 0 Å². The molecule has 3 nitrogen and oxygen atoms in total. The summed E-state index contributed by atoms with van der Waals surface area (Å²) in [4.78, 5) is 2.31. The van der Waals surface area contributed by atoms with Crippen molar-refractivity contribution >= 4 is 11.0 Å². The van der Waals surface area contributed by atoms with E-state index in [0.717, 1.165) is 23.3 Å². The van der Waals surface area contributed by atoms with Crippen LogP contribution in [0.15, 0.2) is 34.7 Å². The molecule has 0 bridgehead atoms. The van der Waals surface area contributed by atoms with Crippen LogP contribution >= 0.6 is 0 Å². The molecule has 1 heterocycles. The Morgan fingerprint density at radius 1 is 1.32 bits per heavy atom. The van der Waals surface area contributed by atoms with Gasteiger partial charge in [-0.15, -0.1) is 0 Å². The number of benzene rings is 1. The number of nitrogens with two attached hydrogens (primary N) is 1. The summed E-state index contributed by atoms with van der Waals surface area (Å²) >= 11 is 0. The zero-order valence-electron chi connectivity index (χ0n) is 12.1. The van der Waals surface area contributed by atoms with Crippen molar-refractivity contribution in [2.45, 2.75) is 38.8 Å². The molecular weight excluding hydrogens is 236 g/mol. The number of hydrogen-bond acceptors (Lipinski definition) is 3. The van der Waals surface area contributed by atoms with Gasteiger partial charge in [-0.05, 0) is 32.5 Å². The lowest BCUT2D eigenvalue weighted by Crippen LogP contribution is -2.35. The summed E-state index contributed by atoms with van der Waals surface area (Å²) < 4.78 is 5.82. The number of furan rings is 1. The van der Waals surface area contributed by atoms with Crippen LogP contribution in [0.25, 0.3) is 11.0 Å². The van der Waals surface area contributed by atoms with Crippen LogP contribution < -0.4 is 5.73 Å². The first-order valence-electron chi connectivity index (χ1n) is 7.06. The van der Waals surface area contributed by atoms with Crippen molar-refractivity contribution in [3.63, 3.8) is 0 Å². The molecule has 2 unspecified atom stereocenters. The van der Waals surface area contributed by atoms with E-state index in [4.69, 9.17) is 10.2 Å². The smallest absolute Gasteiger partial charge is 0.134 e. The van der Waals surface area contributed by atoms with Crippen molar-refractivity contribution in [2.75, 3.05) is 13.6 Å². The first kappa shape index (κ1) is 14.1. The van der Waals surface area contributed by atoms with Gasteiger partial charge in [-0.3, -0.25) is 0 Å². The van der Waals surface area contributed by atoms with Gasteiger partial charge in [0.25, 0.3) is 0 Å². The van der Waals surface area contributed by atoms with Crippen LogP contribution in [-0.4, -0.2) is 24.5 Å². The van der Waals surface area contributed by atoms with Gasteiger partial charge in [-0.1, -0.05) is 31.5 Å². The minimum atomic E-state index is -0.0725. The minimum absolute atomic E-state index is 0.0725. The average molecular weight is 260 g/mol. The zero-order valence-corrected chi connectivity index (χ0v) is 12.1. The Kier molecular flexibility index (Phi) is 4.61. The van der Waals surface area contributed by atoms with E-state index >= 15 is 0 Å². The van der Waals surface area contributed by atoms with Crippen LogP contribution in [-0.2, 0) is 0 Å². The highest BCUT2D eigenvalue weighted by atomic mass is 16.3. The Balaban J connectivity index is 2.04. The van der Waals surface area contributed by atoms with E-state index in [-0.39, 0.29) is 6.04 Å². The molecule has 0 aliphatic heterocycles. The molecule has 0 fully saturated rings. The first-order chi connectivity index (χ1) is 9.11. The fraction of sp³-hybridized carbons (Fsp3) is 0.500. The lowest BCUT2D eigenvalue weighted by Gasteiger charge is -2.26. The second-order valence-electron chi connectivity index (χ2n) is 5.37. The third kappa shape index (κ3) is 3.37. The summed E-state index contributed by atoms with van der Waals surface area (Å²) in [7, 11) is 2.13. The molecule has 0 saturated carbocycles. The summed E-state index contributed by atoms with van der Waals surface area (Å²) in [6.07, 6.45) is 2.40. The van der Waals surface area contributed by atoms with Crippen LogP contribution in [0.2, 0.25) is 0 Å². The third-order valence-electron chi connectivity index (χ3n) is 3.75. The Morgan fingerprint density at radius 2 is 2.05 bits per heavy atom. The number of likely N-dealkylation sites (N-methyl/N-ethyl adjacent to an activating group) is 1. The lowest BCUT2D eigenvalue weighted by atomic mass is 10.1. The summed E-state index contributed by atoms with van der Waals surface area (Å²) in [5, 5.41) is 1.12.